The van der Waals surface area contributed by atoms with Crippen LogP contribution in [0.25, 0.3) is 0 Å². The number of likely N-dealkylation sites (tertiary alicyclic amines) is 1. The van der Waals surface area contributed by atoms with Crippen LogP contribution in [0.5, 0.6) is 0 Å². The summed E-state index contributed by atoms with van der Waals surface area (Å²) in [5, 5.41) is 8.54. The number of hydrogen-bond donors (Lipinski definition) is 1. The molecule has 0 aromatic carbocycles. The molecule has 1 atom stereocenters. The number of nitrogens with zero attached hydrogens (tertiary/aromatic N) is 1. The van der Waals surface area contributed by atoms with Crippen LogP contribution in [0.2, 0.25) is 0 Å². The minimum absolute atomic E-state index is 0.0928. The van der Waals surface area contributed by atoms with Gasteiger partial charge in [0.2, 0.25) is 0 Å². The van der Waals surface area contributed by atoms with Crippen LogP contribution in [0.4, 0.5) is 4.79 Å². The molecule has 15 heavy (non-hydrogen) atoms. The Hall–Kier alpha value is -0.770. The Morgan fingerprint density at radius 2 is 2.20 bits per heavy atom. The van der Waals surface area contributed by atoms with E-state index in [0.29, 0.717) is 5.92 Å². The summed E-state index contributed by atoms with van der Waals surface area (Å²) >= 11 is 0. The van der Waals surface area contributed by atoms with E-state index in [4.69, 9.17) is 9.84 Å². The number of hydrogen-bond acceptors (Lipinski definition) is 3. The molecule has 0 saturated carbocycles. The Balaban J connectivity index is 2.39. The van der Waals surface area contributed by atoms with Crippen LogP contribution in [0.15, 0.2) is 0 Å². The molecule has 1 heterocycles. The van der Waals surface area contributed by atoms with Crippen LogP contribution in [0, 0.1) is 11.3 Å². The van der Waals surface area contributed by atoms with Crippen LogP contribution in [-0.4, -0.2) is 42.4 Å². The molecule has 0 spiro atoms. The van der Waals surface area contributed by atoms with Crippen molar-refractivity contribution in [3.05, 3.63) is 0 Å². The van der Waals surface area contributed by atoms with Gasteiger partial charge in [0.05, 0.1) is 6.61 Å². The van der Waals surface area contributed by atoms with E-state index in [-0.39, 0.29) is 24.7 Å². The molecule has 0 radical (unpaired) electrons. The van der Waals surface area contributed by atoms with Gasteiger partial charge in [-0.25, -0.2) is 4.79 Å². The van der Waals surface area contributed by atoms with Crippen molar-refractivity contribution in [2.24, 2.45) is 11.3 Å². The van der Waals surface area contributed by atoms with Gasteiger partial charge in [-0.15, -0.1) is 0 Å². The summed E-state index contributed by atoms with van der Waals surface area (Å²) in [7, 11) is 0. The van der Waals surface area contributed by atoms with Gasteiger partial charge in [0, 0.05) is 13.1 Å². The Morgan fingerprint density at radius 3 is 2.67 bits per heavy atom. The first-order valence-electron chi connectivity index (χ1n) is 5.47. The van der Waals surface area contributed by atoms with Crippen LogP contribution in [0.1, 0.15) is 27.2 Å². The number of aliphatic hydroxyl groups is 1. The van der Waals surface area contributed by atoms with Crippen molar-refractivity contribution >= 4 is 6.09 Å². The third kappa shape index (κ3) is 3.38. The maximum atomic E-state index is 11.5. The first-order chi connectivity index (χ1) is 6.95. The highest BCUT2D eigenvalue weighted by Gasteiger charge is 2.34. The fourth-order valence-corrected chi connectivity index (χ4v) is 1.86. The molecule has 88 valence electrons. The number of rotatable bonds is 2. The minimum atomic E-state index is -0.296. The van der Waals surface area contributed by atoms with E-state index in [2.05, 4.69) is 20.8 Å². The number of amides is 1. The van der Waals surface area contributed by atoms with Crippen molar-refractivity contribution in [3.8, 4) is 0 Å². The molecule has 1 saturated heterocycles. The lowest BCUT2D eigenvalue weighted by Gasteiger charge is -2.26. The van der Waals surface area contributed by atoms with Crippen LogP contribution in [0.3, 0.4) is 0 Å². The molecular weight excluding hydrogens is 194 g/mol. The summed E-state index contributed by atoms with van der Waals surface area (Å²) in [5.74, 6) is 0.541. The zero-order chi connectivity index (χ0) is 11.5. The summed E-state index contributed by atoms with van der Waals surface area (Å²) in [6, 6.07) is 0. The number of aliphatic hydroxyl groups excluding tert-OH is 1. The smallest absolute Gasteiger partial charge is 0.409 e. The Morgan fingerprint density at radius 1 is 1.53 bits per heavy atom. The summed E-state index contributed by atoms with van der Waals surface area (Å²) in [6.45, 7) is 8.11. The largest absolute Gasteiger partial charge is 0.447 e. The lowest BCUT2D eigenvalue weighted by molar-refractivity contribution is 0.0876. The highest BCUT2D eigenvalue weighted by Crippen LogP contribution is 2.33. The van der Waals surface area contributed by atoms with Gasteiger partial charge in [-0.05, 0) is 17.8 Å². The summed E-state index contributed by atoms with van der Waals surface area (Å²) in [5.41, 5.74) is 0.242. The van der Waals surface area contributed by atoms with E-state index >= 15 is 0 Å². The predicted octanol–water partition coefficient (Wildman–Crippen LogP) is 1.48. The second-order valence-electron chi connectivity index (χ2n) is 5.14. The first kappa shape index (κ1) is 12.3. The van der Waals surface area contributed by atoms with E-state index in [1.807, 2.05) is 0 Å². The zero-order valence-corrected chi connectivity index (χ0v) is 9.82. The molecule has 4 nitrogen and oxygen atoms in total. The molecule has 0 aromatic heterocycles. The van der Waals surface area contributed by atoms with Gasteiger partial charge in [0.15, 0.2) is 0 Å². The Bertz CT molecular complexity index is 222. The molecule has 1 N–H and O–H groups in total. The molecular formula is C11H21NO3. The SMILES string of the molecule is CC(C)(C)C1CCN(C(=O)OCCO)C1. The van der Waals surface area contributed by atoms with E-state index in [1.165, 1.54) is 0 Å². The summed E-state index contributed by atoms with van der Waals surface area (Å²) in [6.07, 6.45) is 0.744. The predicted molar refractivity (Wildman–Crippen MR) is 57.6 cm³/mol. The first-order valence-corrected chi connectivity index (χ1v) is 5.47. The molecule has 0 aromatic rings. The van der Waals surface area contributed by atoms with E-state index in [9.17, 15) is 4.79 Å². The summed E-state index contributed by atoms with van der Waals surface area (Å²) in [4.78, 5) is 13.2. The quantitative estimate of drug-likeness (QED) is 0.759. The van der Waals surface area contributed by atoms with Crippen LogP contribution in [-0.2, 0) is 4.74 Å². The molecule has 0 aliphatic carbocycles. The van der Waals surface area contributed by atoms with Gasteiger partial charge in [-0.1, -0.05) is 20.8 Å². The number of carbonyl (C=O) groups excluding carboxylic acids is 1. The van der Waals surface area contributed by atoms with Crippen molar-refractivity contribution < 1.29 is 14.6 Å². The third-order valence-electron chi connectivity index (χ3n) is 2.99. The Labute approximate surface area is 91.2 Å². The van der Waals surface area contributed by atoms with Gasteiger partial charge >= 0.3 is 6.09 Å². The van der Waals surface area contributed by atoms with Gasteiger partial charge in [0.1, 0.15) is 6.61 Å². The maximum Gasteiger partial charge on any atom is 0.409 e. The number of carbonyl (C=O) groups is 1. The molecule has 1 aliphatic rings. The summed E-state index contributed by atoms with van der Waals surface area (Å²) < 4.78 is 4.87. The molecule has 1 amide bonds. The second kappa shape index (κ2) is 4.84. The lowest BCUT2D eigenvalue weighted by Crippen LogP contribution is -2.32. The topological polar surface area (TPSA) is 49.8 Å². The van der Waals surface area contributed by atoms with Gasteiger partial charge in [0.25, 0.3) is 0 Å². The average molecular weight is 215 g/mol. The highest BCUT2D eigenvalue weighted by molar-refractivity contribution is 5.67. The molecule has 1 fully saturated rings. The zero-order valence-electron chi connectivity index (χ0n) is 9.82. The molecule has 1 aliphatic heterocycles. The van der Waals surface area contributed by atoms with E-state index in [1.54, 1.807) is 4.90 Å². The standard InChI is InChI=1S/C11H21NO3/c1-11(2,3)9-4-5-12(8-9)10(14)15-7-6-13/h9,13H,4-8H2,1-3H3. The van der Waals surface area contributed by atoms with Gasteiger partial charge < -0.3 is 14.7 Å². The minimum Gasteiger partial charge on any atom is -0.447 e. The van der Waals surface area contributed by atoms with Crippen LogP contribution < -0.4 is 0 Å². The van der Waals surface area contributed by atoms with Crippen molar-refractivity contribution in [2.75, 3.05) is 26.3 Å². The van der Waals surface area contributed by atoms with Crippen molar-refractivity contribution in [1.29, 1.82) is 0 Å². The normalized spacial score (nSPS) is 21.9. The molecule has 0 bridgehead atoms. The third-order valence-corrected chi connectivity index (χ3v) is 2.99. The molecule has 1 rings (SSSR count). The average Bonchev–Trinajstić information content (AvgIpc) is 2.62. The maximum absolute atomic E-state index is 11.5. The fourth-order valence-electron chi connectivity index (χ4n) is 1.86. The lowest BCUT2D eigenvalue weighted by atomic mass is 9.80. The van der Waals surface area contributed by atoms with Crippen molar-refractivity contribution in [3.63, 3.8) is 0 Å². The highest BCUT2D eigenvalue weighted by atomic mass is 16.6. The monoisotopic (exact) mass is 215 g/mol. The fraction of sp³-hybridized carbons (Fsp3) is 0.909. The van der Waals surface area contributed by atoms with Crippen molar-refractivity contribution in [1.82, 2.24) is 4.90 Å². The molecule has 4 heteroatoms. The van der Waals surface area contributed by atoms with Crippen molar-refractivity contribution in [2.45, 2.75) is 27.2 Å². The Kier molecular flexibility index (Phi) is 3.97. The van der Waals surface area contributed by atoms with Gasteiger partial charge in [-0.2, -0.15) is 0 Å². The second-order valence-corrected chi connectivity index (χ2v) is 5.14. The van der Waals surface area contributed by atoms with Crippen LogP contribution >= 0.6 is 0 Å². The molecule has 1 unspecified atom stereocenters. The van der Waals surface area contributed by atoms with E-state index in [0.717, 1.165) is 19.5 Å². The van der Waals surface area contributed by atoms with Gasteiger partial charge in [-0.3, -0.25) is 0 Å². The van der Waals surface area contributed by atoms with E-state index < -0.39 is 0 Å². The number of ether oxygens (including phenoxy) is 1.